The first-order chi connectivity index (χ1) is 16.0. The molecule has 0 saturated heterocycles. The summed E-state index contributed by atoms with van der Waals surface area (Å²) >= 11 is 0. The number of nitrogens with one attached hydrogen (secondary N) is 3. The molecule has 10 nitrogen and oxygen atoms in total. The van der Waals surface area contributed by atoms with E-state index in [1.54, 1.807) is 12.1 Å². The molecule has 2 aromatic heterocycles. The summed E-state index contributed by atoms with van der Waals surface area (Å²) in [7, 11) is -4.04. The summed E-state index contributed by atoms with van der Waals surface area (Å²) in [6.07, 6.45) is -3.18. The molecule has 34 heavy (non-hydrogen) atoms. The number of carbonyl (C=O) groups excluding carboxylic acids is 1. The Balaban J connectivity index is 1.73. The van der Waals surface area contributed by atoms with E-state index < -0.39 is 28.7 Å². The SMILES string of the molecule is NS(=O)(=O)c1ccccc1Nc1nc(-c2cccc(C(=O)NCC(F)(F)F)c2)c2[nH]cnc2n1. The van der Waals surface area contributed by atoms with E-state index in [1.807, 2.05) is 5.32 Å². The van der Waals surface area contributed by atoms with Crippen LogP contribution in [0.25, 0.3) is 22.4 Å². The van der Waals surface area contributed by atoms with Crippen LogP contribution in [-0.2, 0) is 10.0 Å². The second kappa shape index (κ2) is 8.72. The van der Waals surface area contributed by atoms with Crippen molar-refractivity contribution in [2.75, 3.05) is 11.9 Å². The molecule has 0 atom stereocenters. The minimum absolute atomic E-state index is 0.0119. The predicted octanol–water partition coefficient (Wildman–Crippen LogP) is 2.70. The summed E-state index contributed by atoms with van der Waals surface area (Å²) in [5.41, 5.74) is 1.42. The number of nitrogens with two attached hydrogens (primary N) is 1. The van der Waals surface area contributed by atoms with E-state index in [0.717, 1.165) is 0 Å². The van der Waals surface area contributed by atoms with Crippen molar-refractivity contribution in [1.82, 2.24) is 25.3 Å². The van der Waals surface area contributed by atoms with Crippen molar-refractivity contribution in [3.63, 3.8) is 0 Å². The van der Waals surface area contributed by atoms with Gasteiger partial charge in [-0.15, -0.1) is 0 Å². The van der Waals surface area contributed by atoms with Crippen LogP contribution in [0.3, 0.4) is 0 Å². The summed E-state index contributed by atoms with van der Waals surface area (Å²) < 4.78 is 61.1. The Labute approximate surface area is 190 Å². The molecule has 5 N–H and O–H groups in total. The Morgan fingerprint density at radius 1 is 1.09 bits per heavy atom. The third kappa shape index (κ3) is 5.13. The van der Waals surface area contributed by atoms with Gasteiger partial charge in [-0.05, 0) is 24.3 Å². The van der Waals surface area contributed by atoms with Crippen LogP contribution >= 0.6 is 0 Å². The minimum Gasteiger partial charge on any atom is -0.343 e. The van der Waals surface area contributed by atoms with Crippen molar-refractivity contribution >= 4 is 38.7 Å². The van der Waals surface area contributed by atoms with Gasteiger partial charge in [0, 0.05) is 11.1 Å². The number of nitrogens with zero attached hydrogens (tertiary/aromatic N) is 3. The molecule has 0 bridgehead atoms. The number of H-pyrrole nitrogens is 1. The quantitative estimate of drug-likeness (QED) is 0.323. The highest BCUT2D eigenvalue weighted by atomic mass is 32.2. The van der Waals surface area contributed by atoms with Gasteiger partial charge in [-0.3, -0.25) is 4.79 Å². The molecule has 2 aromatic carbocycles. The number of anilines is 2. The zero-order valence-electron chi connectivity index (χ0n) is 17.1. The average Bonchev–Trinajstić information content (AvgIpc) is 3.25. The van der Waals surface area contributed by atoms with Gasteiger partial charge in [0.05, 0.1) is 12.0 Å². The van der Waals surface area contributed by atoms with Crippen LogP contribution in [0.4, 0.5) is 24.8 Å². The van der Waals surface area contributed by atoms with Crippen LogP contribution in [0.1, 0.15) is 10.4 Å². The molecular formula is C20H16F3N7O3S. The maximum Gasteiger partial charge on any atom is 0.405 e. The Kier molecular flexibility index (Phi) is 5.93. The van der Waals surface area contributed by atoms with Crippen LogP contribution in [-0.4, -0.2) is 47.0 Å². The molecule has 0 aliphatic rings. The molecule has 0 aliphatic carbocycles. The summed E-state index contributed by atoms with van der Waals surface area (Å²) in [4.78, 5) is 27.6. The minimum atomic E-state index is -4.55. The Morgan fingerprint density at radius 3 is 2.59 bits per heavy atom. The van der Waals surface area contributed by atoms with Gasteiger partial charge in [0.25, 0.3) is 5.91 Å². The van der Waals surface area contributed by atoms with Crippen molar-refractivity contribution in [2.45, 2.75) is 11.1 Å². The van der Waals surface area contributed by atoms with E-state index in [1.165, 1.54) is 42.7 Å². The van der Waals surface area contributed by atoms with Crippen molar-refractivity contribution < 1.29 is 26.4 Å². The lowest BCUT2D eigenvalue weighted by atomic mass is 10.1. The largest absolute Gasteiger partial charge is 0.405 e. The number of sulfonamides is 1. The van der Waals surface area contributed by atoms with Gasteiger partial charge in [0.2, 0.25) is 16.0 Å². The number of rotatable bonds is 6. The number of alkyl halides is 3. The number of benzene rings is 2. The van der Waals surface area contributed by atoms with E-state index >= 15 is 0 Å². The van der Waals surface area contributed by atoms with Crippen molar-refractivity contribution in [3.05, 3.63) is 60.4 Å². The van der Waals surface area contributed by atoms with Gasteiger partial charge in [0.15, 0.2) is 5.65 Å². The highest BCUT2D eigenvalue weighted by molar-refractivity contribution is 7.89. The smallest absolute Gasteiger partial charge is 0.343 e. The topological polar surface area (TPSA) is 156 Å². The number of aromatic nitrogens is 4. The number of hydrogen-bond donors (Lipinski definition) is 4. The Bertz CT molecular complexity index is 1490. The lowest BCUT2D eigenvalue weighted by Crippen LogP contribution is -2.33. The normalized spacial score (nSPS) is 12.0. The lowest BCUT2D eigenvalue weighted by molar-refractivity contribution is -0.123. The Hall–Kier alpha value is -4.04. The number of para-hydroxylation sites is 1. The molecule has 0 saturated carbocycles. The van der Waals surface area contributed by atoms with Gasteiger partial charge in [-0.1, -0.05) is 24.3 Å². The molecule has 1 amide bonds. The summed E-state index contributed by atoms with van der Waals surface area (Å²) in [6, 6.07) is 11.7. The van der Waals surface area contributed by atoms with Crippen molar-refractivity contribution in [1.29, 1.82) is 0 Å². The molecule has 0 unspecified atom stereocenters. The van der Waals surface area contributed by atoms with E-state index in [-0.39, 0.29) is 33.4 Å². The summed E-state index contributed by atoms with van der Waals surface area (Å²) in [5.74, 6) is -0.924. The summed E-state index contributed by atoms with van der Waals surface area (Å²) in [6.45, 7) is -1.47. The van der Waals surface area contributed by atoms with Crippen LogP contribution < -0.4 is 15.8 Å². The fraction of sp³-hybridized carbons (Fsp3) is 0.100. The first-order valence-corrected chi connectivity index (χ1v) is 11.1. The van der Waals surface area contributed by atoms with Gasteiger partial charge >= 0.3 is 6.18 Å². The van der Waals surface area contributed by atoms with E-state index in [0.29, 0.717) is 11.1 Å². The number of aromatic amines is 1. The highest BCUT2D eigenvalue weighted by Gasteiger charge is 2.28. The van der Waals surface area contributed by atoms with Crippen molar-refractivity contribution in [2.24, 2.45) is 5.14 Å². The zero-order valence-corrected chi connectivity index (χ0v) is 17.9. The van der Waals surface area contributed by atoms with Gasteiger partial charge in [-0.25, -0.2) is 23.5 Å². The standard InChI is InChI=1S/C20H16F3N7O3S/c21-20(22,23)9-25-18(31)12-5-3-4-11(8-12)15-16-17(27-10-26-16)30-19(29-15)28-13-6-1-2-7-14(13)34(24,32)33/h1-8,10H,9H2,(H,25,31)(H2,24,32,33)(H2,26,27,28,29,30). The molecule has 0 radical (unpaired) electrons. The molecule has 4 rings (SSSR count). The van der Waals surface area contributed by atoms with Crippen LogP contribution in [0.2, 0.25) is 0 Å². The number of fused-ring (bicyclic) bond motifs is 1. The van der Waals surface area contributed by atoms with Crippen LogP contribution in [0, 0.1) is 0 Å². The van der Waals surface area contributed by atoms with E-state index in [2.05, 4.69) is 25.3 Å². The highest BCUT2D eigenvalue weighted by Crippen LogP contribution is 2.28. The second-order valence-electron chi connectivity index (χ2n) is 7.04. The number of primary sulfonamides is 1. The number of imidazole rings is 1. The maximum absolute atomic E-state index is 12.4. The molecular weight excluding hydrogens is 475 g/mol. The molecule has 2 heterocycles. The fourth-order valence-corrected chi connectivity index (χ4v) is 3.82. The molecule has 4 aromatic rings. The fourth-order valence-electron chi connectivity index (χ4n) is 3.13. The predicted molar refractivity (Wildman–Crippen MR) is 117 cm³/mol. The molecule has 0 fully saturated rings. The first-order valence-electron chi connectivity index (χ1n) is 9.56. The Morgan fingerprint density at radius 2 is 1.85 bits per heavy atom. The third-order valence-electron chi connectivity index (χ3n) is 4.57. The van der Waals surface area contributed by atoms with Crippen LogP contribution in [0.5, 0.6) is 0 Å². The molecule has 0 spiro atoms. The zero-order chi connectivity index (χ0) is 24.5. The first kappa shape index (κ1) is 23.1. The second-order valence-corrected chi connectivity index (χ2v) is 8.57. The summed E-state index contributed by atoms with van der Waals surface area (Å²) in [5, 5.41) is 9.89. The van der Waals surface area contributed by atoms with Gasteiger partial charge < -0.3 is 15.6 Å². The third-order valence-corrected chi connectivity index (χ3v) is 5.54. The number of hydrogen-bond acceptors (Lipinski definition) is 7. The van der Waals surface area contributed by atoms with Gasteiger partial charge in [-0.2, -0.15) is 18.2 Å². The van der Waals surface area contributed by atoms with Crippen LogP contribution in [0.15, 0.2) is 59.8 Å². The number of carbonyl (C=O) groups is 1. The lowest BCUT2D eigenvalue weighted by Gasteiger charge is -2.12. The van der Waals surface area contributed by atoms with E-state index in [4.69, 9.17) is 5.14 Å². The average molecular weight is 491 g/mol. The number of amides is 1. The molecule has 0 aliphatic heterocycles. The molecule has 176 valence electrons. The van der Waals surface area contributed by atoms with E-state index in [9.17, 15) is 26.4 Å². The number of halogens is 3. The maximum atomic E-state index is 12.4. The van der Waals surface area contributed by atoms with Gasteiger partial charge in [0.1, 0.15) is 22.7 Å². The van der Waals surface area contributed by atoms with Crippen molar-refractivity contribution in [3.8, 4) is 11.3 Å². The monoisotopic (exact) mass is 491 g/mol. The molecule has 14 heteroatoms.